The summed E-state index contributed by atoms with van der Waals surface area (Å²) in [4.78, 5) is 12.0. The molecule has 0 unspecified atom stereocenters. The Bertz CT molecular complexity index is 952. The summed E-state index contributed by atoms with van der Waals surface area (Å²) < 4.78 is 6.62. The van der Waals surface area contributed by atoms with E-state index in [2.05, 4.69) is 29.4 Å². The molecular formula is C21H21N3O2. The number of hydrogen-bond acceptors (Lipinski definition) is 4. The van der Waals surface area contributed by atoms with Crippen molar-refractivity contribution in [1.29, 1.82) is 0 Å². The second kappa shape index (κ2) is 6.02. The molecule has 1 aliphatic rings. The summed E-state index contributed by atoms with van der Waals surface area (Å²) in [6, 6.07) is 16.4. The van der Waals surface area contributed by atoms with Crippen molar-refractivity contribution in [3.63, 3.8) is 0 Å². The van der Waals surface area contributed by atoms with E-state index in [0.717, 1.165) is 40.7 Å². The lowest BCUT2D eigenvalue weighted by Crippen LogP contribution is -2.21. The summed E-state index contributed by atoms with van der Waals surface area (Å²) in [5.41, 5.74) is 10.9. The molecule has 5 heteroatoms. The van der Waals surface area contributed by atoms with Crippen molar-refractivity contribution in [2.75, 3.05) is 12.8 Å². The van der Waals surface area contributed by atoms with Crippen molar-refractivity contribution in [2.45, 2.75) is 18.3 Å². The number of methoxy groups -OCH3 is 1. The molecule has 4 rings (SSSR count). The second-order valence-corrected chi connectivity index (χ2v) is 6.80. The highest BCUT2D eigenvalue weighted by molar-refractivity contribution is 5.87. The van der Waals surface area contributed by atoms with Gasteiger partial charge in [0.05, 0.1) is 18.7 Å². The first-order chi connectivity index (χ1) is 12.5. The van der Waals surface area contributed by atoms with Crippen molar-refractivity contribution >= 4 is 11.8 Å². The monoisotopic (exact) mass is 347 g/mol. The van der Waals surface area contributed by atoms with Crippen LogP contribution in [0.5, 0.6) is 0 Å². The third kappa shape index (κ3) is 2.56. The first-order valence-corrected chi connectivity index (χ1v) is 8.62. The lowest BCUT2D eigenvalue weighted by atomic mass is 9.93. The van der Waals surface area contributed by atoms with E-state index in [0.29, 0.717) is 5.82 Å². The number of carbonyl (C=O) groups excluding carboxylic acids is 1. The van der Waals surface area contributed by atoms with Gasteiger partial charge in [0.1, 0.15) is 5.82 Å². The highest BCUT2D eigenvalue weighted by Crippen LogP contribution is 2.49. The molecule has 0 spiro atoms. The number of aromatic nitrogens is 2. The van der Waals surface area contributed by atoms with Crippen LogP contribution in [0.1, 0.15) is 18.4 Å². The average Bonchev–Trinajstić information content (AvgIpc) is 3.43. The normalized spacial score (nSPS) is 14.8. The van der Waals surface area contributed by atoms with Gasteiger partial charge in [0.15, 0.2) is 0 Å². The van der Waals surface area contributed by atoms with Gasteiger partial charge in [-0.1, -0.05) is 48.5 Å². The van der Waals surface area contributed by atoms with Gasteiger partial charge in [-0.2, -0.15) is 5.10 Å². The zero-order chi connectivity index (χ0) is 18.3. The molecule has 1 saturated carbocycles. The minimum absolute atomic E-state index is 0.135. The van der Waals surface area contributed by atoms with E-state index < -0.39 is 5.41 Å². The Kier molecular flexibility index (Phi) is 3.80. The Morgan fingerprint density at radius 1 is 1.04 bits per heavy atom. The number of nitrogens with zero attached hydrogens (tertiary/aromatic N) is 2. The maximum absolute atomic E-state index is 12.0. The standard InChI is InChI=1S/C21H21N3O2/c1-24-19(22)18(13-23-24)16-5-3-14(4-6-16)15-7-9-17(10-8-15)21(11-12-21)20(25)26-2/h3-10,13H,11-12,22H2,1-2H3. The number of esters is 1. The fourth-order valence-corrected chi connectivity index (χ4v) is 3.42. The van der Waals surface area contributed by atoms with Gasteiger partial charge in [-0.3, -0.25) is 9.48 Å². The Labute approximate surface area is 152 Å². The molecule has 2 aromatic carbocycles. The van der Waals surface area contributed by atoms with Crippen molar-refractivity contribution in [3.05, 3.63) is 60.3 Å². The number of anilines is 1. The van der Waals surface area contributed by atoms with Crippen LogP contribution in [0.2, 0.25) is 0 Å². The fourth-order valence-electron chi connectivity index (χ4n) is 3.42. The minimum Gasteiger partial charge on any atom is -0.468 e. The molecule has 0 radical (unpaired) electrons. The molecule has 0 saturated heterocycles. The van der Waals surface area contributed by atoms with Crippen molar-refractivity contribution < 1.29 is 9.53 Å². The smallest absolute Gasteiger partial charge is 0.316 e. The van der Waals surface area contributed by atoms with Gasteiger partial charge in [-0.05, 0) is 35.1 Å². The van der Waals surface area contributed by atoms with Crippen molar-refractivity contribution in [2.24, 2.45) is 7.05 Å². The molecule has 5 nitrogen and oxygen atoms in total. The number of benzene rings is 2. The van der Waals surface area contributed by atoms with E-state index in [9.17, 15) is 4.79 Å². The number of hydrogen-bond donors (Lipinski definition) is 1. The van der Waals surface area contributed by atoms with E-state index in [1.165, 1.54) is 7.11 Å². The van der Waals surface area contributed by atoms with Gasteiger partial charge in [-0.15, -0.1) is 0 Å². The topological polar surface area (TPSA) is 70.1 Å². The quantitative estimate of drug-likeness (QED) is 0.733. The summed E-state index contributed by atoms with van der Waals surface area (Å²) in [6.07, 6.45) is 3.50. The van der Waals surface area contributed by atoms with Gasteiger partial charge in [0, 0.05) is 12.6 Å². The highest BCUT2D eigenvalue weighted by atomic mass is 16.5. The van der Waals surface area contributed by atoms with Crippen LogP contribution >= 0.6 is 0 Å². The molecule has 1 aromatic heterocycles. The van der Waals surface area contributed by atoms with Crippen LogP contribution in [0.4, 0.5) is 5.82 Å². The molecule has 2 N–H and O–H groups in total. The number of aryl methyl sites for hydroxylation is 1. The largest absolute Gasteiger partial charge is 0.468 e. The van der Waals surface area contributed by atoms with Crippen LogP contribution in [0, 0.1) is 0 Å². The SMILES string of the molecule is COC(=O)C1(c2ccc(-c3ccc(-c4cnn(C)c4N)cc3)cc2)CC1. The lowest BCUT2D eigenvalue weighted by molar-refractivity contribution is -0.143. The number of carbonyl (C=O) groups is 1. The molecule has 1 fully saturated rings. The molecule has 132 valence electrons. The molecule has 26 heavy (non-hydrogen) atoms. The third-order valence-electron chi connectivity index (χ3n) is 5.28. The second-order valence-electron chi connectivity index (χ2n) is 6.80. The van der Waals surface area contributed by atoms with E-state index >= 15 is 0 Å². The van der Waals surface area contributed by atoms with Gasteiger partial charge in [-0.25, -0.2) is 0 Å². The predicted octanol–water partition coefficient (Wildman–Crippen LogP) is 3.54. The van der Waals surface area contributed by atoms with E-state index in [-0.39, 0.29) is 5.97 Å². The number of rotatable bonds is 4. The maximum atomic E-state index is 12.0. The number of nitrogen functional groups attached to an aromatic ring is 1. The summed E-state index contributed by atoms with van der Waals surface area (Å²) in [6.45, 7) is 0. The van der Waals surface area contributed by atoms with Crippen LogP contribution in [0.3, 0.4) is 0 Å². The fraction of sp³-hybridized carbons (Fsp3) is 0.238. The summed E-state index contributed by atoms with van der Waals surface area (Å²) in [7, 11) is 3.28. The Morgan fingerprint density at radius 3 is 2.04 bits per heavy atom. The number of ether oxygens (including phenoxy) is 1. The summed E-state index contributed by atoms with van der Waals surface area (Å²) >= 11 is 0. The maximum Gasteiger partial charge on any atom is 0.316 e. The molecular weight excluding hydrogens is 326 g/mol. The van der Waals surface area contributed by atoms with Crippen LogP contribution < -0.4 is 5.73 Å². The molecule has 1 aliphatic carbocycles. The summed E-state index contributed by atoms with van der Waals surface area (Å²) in [5.74, 6) is 0.517. The van der Waals surface area contributed by atoms with Gasteiger partial charge in [0.2, 0.25) is 0 Å². The first-order valence-electron chi connectivity index (χ1n) is 8.62. The van der Waals surface area contributed by atoms with Crippen molar-refractivity contribution in [3.8, 4) is 22.3 Å². The summed E-state index contributed by atoms with van der Waals surface area (Å²) in [5, 5.41) is 4.19. The average molecular weight is 347 g/mol. The predicted molar refractivity (Wildman–Crippen MR) is 101 cm³/mol. The Balaban J connectivity index is 1.59. The molecule has 0 amide bonds. The first kappa shape index (κ1) is 16.4. The van der Waals surface area contributed by atoms with Gasteiger partial charge in [0.25, 0.3) is 0 Å². The highest BCUT2D eigenvalue weighted by Gasteiger charge is 2.52. The molecule has 0 aliphatic heterocycles. The van der Waals surface area contributed by atoms with Crippen LogP contribution in [0.25, 0.3) is 22.3 Å². The third-order valence-corrected chi connectivity index (χ3v) is 5.28. The zero-order valence-corrected chi connectivity index (χ0v) is 14.9. The Morgan fingerprint density at radius 2 is 1.58 bits per heavy atom. The van der Waals surface area contributed by atoms with E-state index in [4.69, 9.17) is 10.5 Å². The van der Waals surface area contributed by atoms with E-state index in [1.54, 1.807) is 10.9 Å². The van der Waals surface area contributed by atoms with Gasteiger partial charge < -0.3 is 10.5 Å². The molecule has 0 bridgehead atoms. The van der Waals surface area contributed by atoms with Crippen LogP contribution in [-0.4, -0.2) is 22.9 Å². The molecule has 0 atom stereocenters. The molecule has 1 heterocycles. The Hall–Kier alpha value is -3.08. The lowest BCUT2D eigenvalue weighted by Gasteiger charge is -2.13. The van der Waals surface area contributed by atoms with E-state index in [1.807, 2.05) is 31.3 Å². The zero-order valence-electron chi connectivity index (χ0n) is 14.9. The minimum atomic E-state index is -0.422. The number of nitrogens with two attached hydrogens (primary N) is 1. The van der Waals surface area contributed by atoms with Crippen LogP contribution in [0.15, 0.2) is 54.7 Å². The van der Waals surface area contributed by atoms with Crippen molar-refractivity contribution in [1.82, 2.24) is 9.78 Å². The van der Waals surface area contributed by atoms with Gasteiger partial charge >= 0.3 is 5.97 Å². The molecule has 3 aromatic rings. The van der Waals surface area contributed by atoms with Crippen LogP contribution in [-0.2, 0) is 22.0 Å².